The number of anilines is 1. The van der Waals surface area contributed by atoms with Crippen LogP contribution in [0.25, 0.3) is 11.5 Å². The summed E-state index contributed by atoms with van der Waals surface area (Å²) in [7, 11) is 0. The number of rotatable bonds is 4. The molecule has 2 aromatic carbocycles. The topological polar surface area (TPSA) is 80.0 Å². The van der Waals surface area contributed by atoms with Gasteiger partial charge in [0.25, 0.3) is 0 Å². The maximum atomic E-state index is 12.2. The fraction of sp³-hybridized carbons (Fsp3) is 0.118. The first-order chi connectivity index (χ1) is 11.6. The summed E-state index contributed by atoms with van der Waals surface area (Å²) in [6, 6.07) is 14.0. The highest BCUT2D eigenvalue weighted by Crippen LogP contribution is 2.21. The van der Waals surface area contributed by atoms with Crippen LogP contribution >= 0.6 is 11.6 Å². The molecule has 2 N–H and O–H groups in total. The third-order valence-electron chi connectivity index (χ3n) is 3.42. The Morgan fingerprint density at radius 3 is 2.79 bits per heavy atom. The molecule has 1 heterocycles. The maximum Gasteiger partial charge on any atom is 0.319 e. The van der Waals surface area contributed by atoms with Crippen LogP contribution in [-0.2, 0) is 0 Å². The quantitative estimate of drug-likeness (QED) is 0.741. The number of benzene rings is 2. The zero-order chi connectivity index (χ0) is 16.9. The van der Waals surface area contributed by atoms with Gasteiger partial charge in [-0.15, -0.1) is 10.2 Å². The monoisotopic (exact) mass is 342 g/mol. The summed E-state index contributed by atoms with van der Waals surface area (Å²) in [6.07, 6.45) is 1.26. The molecule has 0 saturated carbocycles. The van der Waals surface area contributed by atoms with Crippen molar-refractivity contribution >= 4 is 23.3 Å². The number of hydrogen-bond acceptors (Lipinski definition) is 4. The van der Waals surface area contributed by atoms with Gasteiger partial charge < -0.3 is 15.1 Å². The van der Waals surface area contributed by atoms with Gasteiger partial charge in [-0.05, 0) is 42.8 Å². The molecule has 0 aliphatic heterocycles. The minimum absolute atomic E-state index is 0.178. The lowest BCUT2D eigenvalue weighted by atomic mass is 10.1. The van der Waals surface area contributed by atoms with Crippen LogP contribution in [-0.4, -0.2) is 16.2 Å². The van der Waals surface area contributed by atoms with Gasteiger partial charge >= 0.3 is 6.03 Å². The lowest BCUT2D eigenvalue weighted by Gasteiger charge is -2.15. The Morgan fingerprint density at radius 1 is 1.21 bits per heavy atom. The Bertz CT molecular complexity index is 836. The molecule has 6 nitrogen and oxygen atoms in total. The normalized spacial score (nSPS) is 11.8. The average molecular weight is 343 g/mol. The number of urea groups is 1. The van der Waals surface area contributed by atoms with E-state index in [1.807, 2.05) is 31.2 Å². The van der Waals surface area contributed by atoms with Crippen LogP contribution in [0.15, 0.2) is 59.3 Å². The first-order valence-corrected chi connectivity index (χ1v) is 7.69. The van der Waals surface area contributed by atoms with Crippen LogP contribution in [0.3, 0.4) is 0 Å². The van der Waals surface area contributed by atoms with Gasteiger partial charge in [0.2, 0.25) is 12.3 Å². The summed E-state index contributed by atoms with van der Waals surface area (Å²) in [4.78, 5) is 12.2. The molecule has 0 saturated heterocycles. The summed E-state index contributed by atoms with van der Waals surface area (Å²) in [5, 5.41) is 13.8. The summed E-state index contributed by atoms with van der Waals surface area (Å²) in [5.74, 6) is 0.395. The molecule has 3 aromatic rings. The van der Waals surface area contributed by atoms with E-state index in [1.54, 1.807) is 24.3 Å². The number of nitrogens with one attached hydrogen (secondary N) is 2. The molecule has 24 heavy (non-hydrogen) atoms. The molecule has 0 aliphatic rings. The summed E-state index contributed by atoms with van der Waals surface area (Å²) >= 11 is 5.97. The van der Waals surface area contributed by atoms with Crippen molar-refractivity contribution in [3.05, 3.63) is 65.5 Å². The van der Waals surface area contributed by atoms with E-state index in [0.29, 0.717) is 16.6 Å². The Morgan fingerprint density at radius 2 is 2.04 bits per heavy atom. The molecule has 3 rings (SSSR count). The summed E-state index contributed by atoms with van der Waals surface area (Å²) < 4.78 is 5.15. The number of amides is 2. The fourth-order valence-corrected chi connectivity index (χ4v) is 2.45. The van der Waals surface area contributed by atoms with Crippen molar-refractivity contribution in [2.75, 3.05) is 5.32 Å². The van der Waals surface area contributed by atoms with E-state index < -0.39 is 0 Å². The Hall–Kier alpha value is -2.86. The molecule has 2 amide bonds. The van der Waals surface area contributed by atoms with Crippen LogP contribution in [0.5, 0.6) is 0 Å². The molecule has 0 bridgehead atoms. The third kappa shape index (κ3) is 3.91. The molecule has 122 valence electrons. The van der Waals surface area contributed by atoms with Crippen molar-refractivity contribution in [1.29, 1.82) is 0 Å². The number of halogens is 1. The average Bonchev–Trinajstić information content (AvgIpc) is 3.09. The molecule has 0 aliphatic carbocycles. The molecule has 0 spiro atoms. The molecule has 0 unspecified atom stereocenters. The molecule has 1 atom stereocenters. The van der Waals surface area contributed by atoms with Crippen LogP contribution in [0.4, 0.5) is 10.5 Å². The second-order valence-electron chi connectivity index (χ2n) is 5.20. The zero-order valence-electron chi connectivity index (χ0n) is 12.9. The second kappa shape index (κ2) is 7.14. The highest BCUT2D eigenvalue weighted by atomic mass is 35.5. The zero-order valence-corrected chi connectivity index (χ0v) is 13.6. The predicted octanol–water partition coefficient (Wildman–Crippen LogP) is 4.27. The van der Waals surface area contributed by atoms with Gasteiger partial charge in [-0.3, -0.25) is 0 Å². The SMILES string of the molecule is C[C@@H](NC(=O)Nc1cccc(-c2nnco2)c1)c1cccc(Cl)c1. The molecular weight excluding hydrogens is 328 g/mol. The molecule has 7 heteroatoms. The van der Waals surface area contributed by atoms with E-state index in [2.05, 4.69) is 20.8 Å². The standard InChI is InChI=1S/C17H15ClN4O2/c1-11(12-4-2-6-14(18)8-12)20-17(23)21-15-7-3-5-13(9-15)16-22-19-10-24-16/h2-11H,1H3,(H2,20,21,23)/t11-/m1/s1. The van der Waals surface area contributed by atoms with Gasteiger partial charge in [0.05, 0.1) is 6.04 Å². The van der Waals surface area contributed by atoms with Crippen molar-refractivity contribution in [2.24, 2.45) is 0 Å². The van der Waals surface area contributed by atoms with Crippen LogP contribution < -0.4 is 10.6 Å². The van der Waals surface area contributed by atoms with Crippen LogP contribution in [0.2, 0.25) is 5.02 Å². The number of aromatic nitrogens is 2. The Balaban J connectivity index is 1.66. The highest BCUT2D eigenvalue weighted by Gasteiger charge is 2.11. The minimum Gasteiger partial charge on any atom is -0.423 e. The third-order valence-corrected chi connectivity index (χ3v) is 3.66. The van der Waals surface area contributed by atoms with Gasteiger partial charge in [0, 0.05) is 16.3 Å². The van der Waals surface area contributed by atoms with Crippen molar-refractivity contribution in [3.8, 4) is 11.5 Å². The molecular formula is C17H15ClN4O2. The first kappa shape index (κ1) is 16.0. The van der Waals surface area contributed by atoms with Gasteiger partial charge in [-0.2, -0.15) is 0 Å². The number of carbonyl (C=O) groups excluding carboxylic acids is 1. The van der Waals surface area contributed by atoms with E-state index in [0.717, 1.165) is 11.1 Å². The van der Waals surface area contributed by atoms with Crippen LogP contribution in [0, 0.1) is 0 Å². The second-order valence-corrected chi connectivity index (χ2v) is 5.64. The molecule has 0 radical (unpaired) electrons. The first-order valence-electron chi connectivity index (χ1n) is 7.31. The smallest absolute Gasteiger partial charge is 0.319 e. The van der Waals surface area contributed by atoms with Gasteiger partial charge in [0.15, 0.2) is 0 Å². The van der Waals surface area contributed by atoms with Gasteiger partial charge in [-0.25, -0.2) is 4.79 Å². The van der Waals surface area contributed by atoms with Gasteiger partial charge in [0.1, 0.15) is 0 Å². The maximum absolute atomic E-state index is 12.2. The van der Waals surface area contributed by atoms with Crippen molar-refractivity contribution in [1.82, 2.24) is 15.5 Å². The fourth-order valence-electron chi connectivity index (χ4n) is 2.25. The lowest BCUT2D eigenvalue weighted by Crippen LogP contribution is -2.31. The van der Waals surface area contributed by atoms with Crippen molar-refractivity contribution in [3.63, 3.8) is 0 Å². The number of hydrogen-bond donors (Lipinski definition) is 2. The van der Waals surface area contributed by atoms with E-state index in [-0.39, 0.29) is 12.1 Å². The minimum atomic E-state index is -0.315. The number of carbonyl (C=O) groups is 1. The van der Waals surface area contributed by atoms with E-state index in [1.165, 1.54) is 6.39 Å². The van der Waals surface area contributed by atoms with Gasteiger partial charge in [-0.1, -0.05) is 29.8 Å². The van der Waals surface area contributed by atoms with Crippen molar-refractivity contribution < 1.29 is 9.21 Å². The van der Waals surface area contributed by atoms with Crippen molar-refractivity contribution in [2.45, 2.75) is 13.0 Å². The number of nitrogens with zero attached hydrogens (tertiary/aromatic N) is 2. The van der Waals surface area contributed by atoms with E-state index >= 15 is 0 Å². The lowest BCUT2D eigenvalue weighted by molar-refractivity contribution is 0.249. The largest absolute Gasteiger partial charge is 0.423 e. The van der Waals surface area contributed by atoms with E-state index in [4.69, 9.17) is 16.0 Å². The highest BCUT2D eigenvalue weighted by molar-refractivity contribution is 6.30. The summed E-state index contributed by atoms with van der Waals surface area (Å²) in [6.45, 7) is 1.89. The Labute approximate surface area is 143 Å². The Kier molecular flexibility index (Phi) is 4.77. The molecule has 0 fully saturated rings. The van der Waals surface area contributed by atoms with Crippen LogP contribution in [0.1, 0.15) is 18.5 Å². The predicted molar refractivity (Wildman–Crippen MR) is 91.8 cm³/mol. The van der Waals surface area contributed by atoms with E-state index in [9.17, 15) is 4.79 Å². The summed E-state index contributed by atoms with van der Waals surface area (Å²) in [5.41, 5.74) is 2.28. The molecule has 1 aromatic heterocycles.